The van der Waals surface area contributed by atoms with Gasteiger partial charge in [0.05, 0.1) is 0 Å². The number of hydrogen-bond acceptors (Lipinski definition) is 2. The van der Waals surface area contributed by atoms with Crippen molar-refractivity contribution in [3.8, 4) is 0 Å². The number of rotatable bonds is 18. The zero-order chi connectivity index (χ0) is 18.7. The minimum atomic E-state index is 1.05. The number of thiol groups is 1. The largest absolute Gasteiger partial charge is 0.143 e. The van der Waals surface area contributed by atoms with E-state index >= 15 is 0 Å². The van der Waals surface area contributed by atoms with Crippen LogP contribution in [0.4, 0.5) is 0 Å². The van der Waals surface area contributed by atoms with E-state index in [1.807, 2.05) is 11.8 Å². The van der Waals surface area contributed by atoms with Crippen LogP contribution in [0.5, 0.6) is 0 Å². The minimum absolute atomic E-state index is 1.05. The Morgan fingerprint density at radius 2 is 0.962 bits per heavy atom. The van der Waals surface area contributed by atoms with Crippen molar-refractivity contribution in [1.29, 1.82) is 0 Å². The molecule has 0 atom stereocenters. The van der Waals surface area contributed by atoms with Gasteiger partial charge in [0.2, 0.25) is 0 Å². The Balaban J connectivity index is 1.72. The van der Waals surface area contributed by atoms with Gasteiger partial charge in [-0.1, -0.05) is 103 Å². The van der Waals surface area contributed by atoms with Crippen molar-refractivity contribution in [2.75, 3.05) is 5.75 Å². The van der Waals surface area contributed by atoms with Crippen molar-refractivity contribution >= 4 is 24.4 Å². The minimum Gasteiger partial charge on any atom is -0.143 e. The van der Waals surface area contributed by atoms with Crippen LogP contribution < -0.4 is 0 Å². The fraction of sp³-hybridized carbons (Fsp3) is 0.750. The predicted octanol–water partition coefficient (Wildman–Crippen LogP) is 9.33. The number of hydrogen-bond donors (Lipinski definition) is 1. The zero-order valence-electron chi connectivity index (χ0n) is 17.2. The van der Waals surface area contributed by atoms with Crippen molar-refractivity contribution in [2.24, 2.45) is 0 Å². The summed E-state index contributed by atoms with van der Waals surface area (Å²) < 4.78 is 0. The molecule has 26 heavy (non-hydrogen) atoms. The molecule has 0 aliphatic rings. The van der Waals surface area contributed by atoms with Gasteiger partial charge in [-0.2, -0.15) is 0 Å². The second-order valence-corrected chi connectivity index (χ2v) is 9.33. The van der Waals surface area contributed by atoms with Crippen LogP contribution in [0.2, 0.25) is 0 Å². The summed E-state index contributed by atoms with van der Waals surface area (Å²) in [7, 11) is 0. The molecule has 0 saturated heterocycles. The first-order valence-electron chi connectivity index (χ1n) is 11.2. The van der Waals surface area contributed by atoms with E-state index < -0.39 is 0 Å². The standard InChI is InChI=1S/C24H42S2/c1-2-3-4-5-6-7-8-9-10-11-12-13-14-15-16-17-22-26-24-20-18-23(25)19-21-24/h18-21,25H,2-17,22H2,1H3. The Hall–Kier alpha value is -0.0800. The quantitative estimate of drug-likeness (QED) is 0.147. The summed E-state index contributed by atoms with van der Waals surface area (Å²) in [5.41, 5.74) is 0. The van der Waals surface area contributed by atoms with Gasteiger partial charge in [0, 0.05) is 9.79 Å². The first kappa shape index (κ1) is 24.0. The summed E-state index contributed by atoms with van der Waals surface area (Å²) in [5, 5.41) is 0. The third-order valence-corrected chi connectivity index (χ3v) is 6.50. The van der Waals surface area contributed by atoms with Gasteiger partial charge >= 0.3 is 0 Å². The molecule has 0 aliphatic carbocycles. The Morgan fingerprint density at radius 3 is 1.38 bits per heavy atom. The van der Waals surface area contributed by atoms with Gasteiger partial charge in [-0.25, -0.2) is 0 Å². The molecule has 0 aromatic heterocycles. The Labute approximate surface area is 173 Å². The van der Waals surface area contributed by atoms with E-state index in [0.29, 0.717) is 0 Å². The topological polar surface area (TPSA) is 0 Å². The van der Waals surface area contributed by atoms with Crippen LogP contribution in [0.3, 0.4) is 0 Å². The highest BCUT2D eigenvalue weighted by molar-refractivity contribution is 7.99. The Morgan fingerprint density at radius 1 is 0.577 bits per heavy atom. The maximum Gasteiger partial charge on any atom is 0.00727 e. The second-order valence-electron chi connectivity index (χ2n) is 7.65. The number of unbranched alkanes of at least 4 members (excludes halogenated alkanes) is 15. The second kappa shape index (κ2) is 18.3. The van der Waals surface area contributed by atoms with Crippen LogP contribution in [-0.2, 0) is 0 Å². The van der Waals surface area contributed by atoms with E-state index in [0.717, 1.165) is 4.90 Å². The van der Waals surface area contributed by atoms with E-state index in [-0.39, 0.29) is 0 Å². The molecule has 2 heteroatoms. The van der Waals surface area contributed by atoms with Gasteiger partial charge in [-0.05, 0) is 36.4 Å². The molecule has 0 heterocycles. The van der Waals surface area contributed by atoms with E-state index in [4.69, 9.17) is 0 Å². The summed E-state index contributed by atoms with van der Waals surface area (Å²) in [5.74, 6) is 1.25. The van der Waals surface area contributed by atoms with Crippen molar-refractivity contribution in [3.05, 3.63) is 24.3 Å². The molecule has 1 aromatic carbocycles. The lowest BCUT2D eigenvalue weighted by molar-refractivity contribution is 0.531. The van der Waals surface area contributed by atoms with Crippen LogP contribution >= 0.6 is 24.4 Å². The van der Waals surface area contributed by atoms with Gasteiger partial charge in [-0.3, -0.25) is 0 Å². The predicted molar refractivity (Wildman–Crippen MR) is 124 cm³/mol. The molecule has 0 nitrogen and oxygen atoms in total. The molecule has 0 radical (unpaired) electrons. The highest BCUT2D eigenvalue weighted by Crippen LogP contribution is 2.21. The third-order valence-electron chi connectivity index (χ3n) is 5.10. The summed E-state index contributed by atoms with van der Waals surface area (Å²) in [6.07, 6.45) is 23.1. The van der Waals surface area contributed by atoms with E-state index in [1.54, 1.807) is 0 Å². The van der Waals surface area contributed by atoms with Gasteiger partial charge < -0.3 is 0 Å². The molecule has 0 amide bonds. The summed E-state index contributed by atoms with van der Waals surface area (Å²) in [6, 6.07) is 8.52. The van der Waals surface area contributed by atoms with Gasteiger partial charge in [0.1, 0.15) is 0 Å². The molecule has 1 rings (SSSR count). The lowest BCUT2D eigenvalue weighted by atomic mass is 10.0. The highest BCUT2D eigenvalue weighted by atomic mass is 32.2. The summed E-state index contributed by atoms with van der Waals surface area (Å²) >= 11 is 6.31. The SMILES string of the molecule is CCCCCCCCCCCCCCCCCCSc1ccc(S)cc1. The number of thioether (sulfide) groups is 1. The van der Waals surface area contributed by atoms with Crippen molar-refractivity contribution < 1.29 is 0 Å². The van der Waals surface area contributed by atoms with Gasteiger partial charge in [-0.15, -0.1) is 24.4 Å². The van der Waals surface area contributed by atoms with E-state index in [2.05, 4.69) is 43.8 Å². The fourth-order valence-electron chi connectivity index (χ4n) is 3.38. The van der Waals surface area contributed by atoms with Crippen molar-refractivity contribution in [3.63, 3.8) is 0 Å². The summed E-state index contributed by atoms with van der Waals surface area (Å²) in [6.45, 7) is 2.30. The molecule has 0 fully saturated rings. The first-order valence-corrected chi connectivity index (χ1v) is 12.7. The summed E-state index contributed by atoms with van der Waals surface area (Å²) in [4.78, 5) is 2.43. The molecule has 0 saturated carbocycles. The van der Waals surface area contributed by atoms with Crippen LogP contribution in [0.1, 0.15) is 110 Å². The fourth-order valence-corrected chi connectivity index (χ4v) is 4.44. The molecule has 0 N–H and O–H groups in total. The normalized spacial score (nSPS) is 11.2. The van der Waals surface area contributed by atoms with Crippen LogP contribution in [-0.4, -0.2) is 5.75 Å². The average molecular weight is 395 g/mol. The van der Waals surface area contributed by atoms with Gasteiger partial charge in [0.15, 0.2) is 0 Å². The van der Waals surface area contributed by atoms with Crippen molar-refractivity contribution in [1.82, 2.24) is 0 Å². The Kier molecular flexibility index (Phi) is 16.9. The molecule has 0 aliphatic heterocycles. The van der Waals surface area contributed by atoms with Crippen LogP contribution in [0.25, 0.3) is 0 Å². The van der Waals surface area contributed by atoms with Crippen LogP contribution in [0.15, 0.2) is 34.1 Å². The maximum absolute atomic E-state index is 4.33. The molecular formula is C24H42S2. The maximum atomic E-state index is 4.33. The molecule has 0 unspecified atom stereocenters. The highest BCUT2D eigenvalue weighted by Gasteiger charge is 1.96. The molecule has 0 spiro atoms. The zero-order valence-corrected chi connectivity index (χ0v) is 18.9. The average Bonchev–Trinajstić information content (AvgIpc) is 2.66. The lowest BCUT2D eigenvalue weighted by Crippen LogP contribution is -1.85. The molecular weight excluding hydrogens is 352 g/mol. The molecule has 150 valence electrons. The smallest absolute Gasteiger partial charge is 0.00727 e. The molecule has 0 bridgehead atoms. The van der Waals surface area contributed by atoms with Crippen LogP contribution in [0, 0.1) is 0 Å². The Bertz CT molecular complexity index is 399. The van der Waals surface area contributed by atoms with E-state index in [1.165, 1.54) is 113 Å². The molecule has 1 aromatic rings. The number of benzene rings is 1. The third kappa shape index (κ3) is 15.0. The monoisotopic (exact) mass is 394 g/mol. The van der Waals surface area contributed by atoms with E-state index in [9.17, 15) is 0 Å². The van der Waals surface area contributed by atoms with Gasteiger partial charge in [0.25, 0.3) is 0 Å². The van der Waals surface area contributed by atoms with Crippen molar-refractivity contribution in [2.45, 2.75) is 119 Å². The first-order chi connectivity index (χ1) is 12.8. The lowest BCUT2D eigenvalue weighted by Gasteiger charge is -2.04.